The number of halogens is 1. The number of carbonyl (C=O) groups excluding carboxylic acids is 1. The third kappa shape index (κ3) is 9.62. The van der Waals surface area contributed by atoms with E-state index in [1.54, 1.807) is 0 Å². The molecule has 4 aromatic carbocycles. The lowest BCUT2D eigenvalue weighted by molar-refractivity contribution is -0.253. The molecule has 2 heterocycles. The average Bonchev–Trinajstić information content (AvgIpc) is 3.15. The largest absolute Gasteiger partial charge is 0.481 e. The zero-order chi connectivity index (χ0) is 35.8. The molecular weight excluding hydrogens is 668 g/mol. The monoisotopic (exact) mass is 712 g/mol. The fraction of sp³-hybridized carbons (Fsp3) is 0.366. The first-order chi connectivity index (χ1) is 24.7. The van der Waals surface area contributed by atoms with Crippen LogP contribution in [0.25, 0.3) is 11.1 Å². The van der Waals surface area contributed by atoms with Crippen LogP contribution in [-0.4, -0.2) is 57.8 Å². The summed E-state index contributed by atoms with van der Waals surface area (Å²) in [6.45, 7) is 2.49. The van der Waals surface area contributed by atoms with E-state index in [4.69, 9.17) is 26.2 Å². The Bertz CT molecular complexity index is 1760. The Morgan fingerprint density at radius 2 is 1.55 bits per heavy atom. The number of nitrogens with one attached hydrogen (secondary N) is 1. The van der Waals surface area contributed by atoms with Crippen molar-refractivity contribution in [1.29, 1.82) is 0 Å². The number of ether oxygens (including phenoxy) is 2. The molecule has 9 nitrogen and oxygen atoms in total. The van der Waals surface area contributed by atoms with Crippen LogP contribution >= 0.6 is 11.6 Å². The Hall–Kier alpha value is -4.09. The minimum Gasteiger partial charge on any atom is -0.481 e. The molecule has 0 aliphatic carbocycles. The second-order valence-electron chi connectivity index (χ2n) is 13.5. The van der Waals surface area contributed by atoms with E-state index < -0.39 is 17.9 Å². The number of amides is 1. The topological polar surface area (TPSA) is 129 Å². The fourth-order valence-corrected chi connectivity index (χ4v) is 7.06. The van der Waals surface area contributed by atoms with E-state index in [9.17, 15) is 19.8 Å². The molecule has 2 fully saturated rings. The van der Waals surface area contributed by atoms with E-state index in [0.29, 0.717) is 43.8 Å². The molecule has 51 heavy (non-hydrogen) atoms. The minimum atomic E-state index is -0.908. The molecular formula is C41H45ClN2O7. The van der Waals surface area contributed by atoms with Crippen LogP contribution in [0.15, 0.2) is 97.1 Å². The summed E-state index contributed by atoms with van der Waals surface area (Å²) < 4.78 is 13.2. The molecule has 0 saturated carbocycles. The van der Waals surface area contributed by atoms with Gasteiger partial charge in [-0.15, -0.1) is 0 Å². The zero-order valence-electron chi connectivity index (χ0n) is 28.5. The molecule has 6 rings (SSSR count). The average molecular weight is 713 g/mol. The molecule has 4 N–H and O–H groups in total. The predicted molar refractivity (Wildman–Crippen MR) is 195 cm³/mol. The molecule has 268 valence electrons. The van der Waals surface area contributed by atoms with Gasteiger partial charge in [-0.1, -0.05) is 96.5 Å². The van der Waals surface area contributed by atoms with Crippen molar-refractivity contribution in [2.45, 2.75) is 75.8 Å². The van der Waals surface area contributed by atoms with Crippen molar-refractivity contribution < 1.29 is 34.4 Å². The van der Waals surface area contributed by atoms with Gasteiger partial charge in [0, 0.05) is 56.0 Å². The quantitative estimate of drug-likeness (QED) is 0.118. The van der Waals surface area contributed by atoms with Gasteiger partial charge < -0.3 is 35.0 Å². The highest BCUT2D eigenvalue weighted by Crippen LogP contribution is 2.40. The summed E-state index contributed by atoms with van der Waals surface area (Å²) in [5.41, 5.74) is 5.70. The van der Waals surface area contributed by atoms with Gasteiger partial charge in [0.25, 0.3) is 0 Å². The lowest BCUT2D eigenvalue weighted by Gasteiger charge is -2.42. The standard InChI is InChI=1S/C41H45ClN2O7/c42-34-18-16-33(17-19-34)41(49)20-22-44(23-21-41)26-35-24-37(30-10-8-28(27-45)9-11-30)51-40(50-35)31-14-12-29(13-15-31)36-5-2-1-4-32(36)25-43-38(46)6-3-7-39(47)48/h1-2,4-5,8-19,35,37,40,45,49H,3,6-7,20-27H2,(H,43,46)(H,47,48). The Morgan fingerprint density at radius 3 is 2.24 bits per heavy atom. The van der Waals surface area contributed by atoms with Crippen LogP contribution in [0.3, 0.4) is 0 Å². The molecule has 3 unspecified atom stereocenters. The number of hydrogen-bond acceptors (Lipinski definition) is 7. The molecule has 0 bridgehead atoms. The Morgan fingerprint density at radius 1 is 0.863 bits per heavy atom. The first-order valence-corrected chi connectivity index (χ1v) is 17.9. The number of hydrogen-bond donors (Lipinski definition) is 4. The van der Waals surface area contributed by atoms with Crippen LogP contribution in [0.5, 0.6) is 0 Å². The minimum absolute atomic E-state index is 0.0217. The number of benzene rings is 4. The molecule has 0 spiro atoms. The number of piperidine rings is 1. The Labute approximate surface area is 303 Å². The second kappa shape index (κ2) is 17.0. The van der Waals surface area contributed by atoms with Crippen molar-refractivity contribution in [3.8, 4) is 11.1 Å². The number of aliphatic hydroxyl groups is 2. The van der Waals surface area contributed by atoms with E-state index >= 15 is 0 Å². The van der Waals surface area contributed by atoms with Gasteiger partial charge >= 0.3 is 5.97 Å². The SMILES string of the molecule is O=C(O)CCCC(=O)NCc1ccccc1-c1ccc(C2OC(CN3CCC(O)(c4ccc(Cl)cc4)CC3)CC(c3ccc(CO)cc3)O2)cc1. The number of likely N-dealkylation sites (tertiary alicyclic amines) is 1. The molecule has 2 aliphatic heterocycles. The van der Waals surface area contributed by atoms with Gasteiger partial charge in [-0.25, -0.2) is 0 Å². The molecule has 10 heteroatoms. The predicted octanol–water partition coefficient (Wildman–Crippen LogP) is 6.90. The number of nitrogens with zero attached hydrogens (tertiary/aromatic N) is 1. The van der Waals surface area contributed by atoms with Gasteiger partial charge in [-0.05, 0) is 64.8 Å². The van der Waals surface area contributed by atoms with Gasteiger partial charge in [0.1, 0.15) is 0 Å². The molecule has 3 atom stereocenters. The Kier molecular flexibility index (Phi) is 12.2. The zero-order valence-corrected chi connectivity index (χ0v) is 29.3. The summed E-state index contributed by atoms with van der Waals surface area (Å²) in [6, 6.07) is 31.3. The smallest absolute Gasteiger partial charge is 0.303 e. The number of rotatable bonds is 13. The van der Waals surface area contributed by atoms with Gasteiger partial charge in [0.2, 0.25) is 5.91 Å². The summed E-state index contributed by atoms with van der Waals surface area (Å²) in [5, 5.41) is 33.4. The number of aliphatic hydroxyl groups excluding tert-OH is 1. The van der Waals surface area contributed by atoms with Crippen molar-refractivity contribution in [1.82, 2.24) is 10.2 Å². The van der Waals surface area contributed by atoms with Crippen molar-refractivity contribution in [3.05, 3.63) is 130 Å². The maximum atomic E-state index is 12.3. The second-order valence-corrected chi connectivity index (χ2v) is 13.9. The molecule has 4 aromatic rings. The first-order valence-electron chi connectivity index (χ1n) is 17.6. The third-order valence-corrected chi connectivity index (χ3v) is 10.2. The lowest BCUT2D eigenvalue weighted by atomic mass is 9.84. The van der Waals surface area contributed by atoms with Crippen molar-refractivity contribution in [3.63, 3.8) is 0 Å². The Balaban J connectivity index is 1.14. The lowest BCUT2D eigenvalue weighted by Crippen LogP contribution is -2.46. The summed E-state index contributed by atoms with van der Waals surface area (Å²) in [4.78, 5) is 25.5. The van der Waals surface area contributed by atoms with Crippen molar-refractivity contribution in [2.24, 2.45) is 0 Å². The van der Waals surface area contributed by atoms with Crippen LogP contribution in [0.2, 0.25) is 5.02 Å². The number of aliphatic carboxylic acids is 1. The van der Waals surface area contributed by atoms with Gasteiger partial charge in [0.05, 0.1) is 24.4 Å². The summed E-state index contributed by atoms with van der Waals surface area (Å²) in [5.74, 6) is -1.08. The summed E-state index contributed by atoms with van der Waals surface area (Å²) in [6.07, 6.45) is 1.41. The highest BCUT2D eigenvalue weighted by Gasteiger charge is 2.37. The normalized spacial score (nSPS) is 20.5. The third-order valence-electron chi connectivity index (χ3n) is 9.92. The summed E-state index contributed by atoms with van der Waals surface area (Å²) >= 11 is 6.09. The molecule has 0 radical (unpaired) electrons. The molecule has 2 aliphatic rings. The maximum Gasteiger partial charge on any atom is 0.303 e. The van der Waals surface area contributed by atoms with E-state index in [2.05, 4.69) is 10.2 Å². The first kappa shape index (κ1) is 36.7. The van der Waals surface area contributed by atoms with E-state index in [1.807, 2.05) is 97.1 Å². The molecule has 2 saturated heterocycles. The maximum absolute atomic E-state index is 12.3. The van der Waals surface area contributed by atoms with Crippen LogP contribution in [0.4, 0.5) is 0 Å². The number of carboxylic acid groups (broad SMARTS) is 1. The van der Waals surface area contributed by atoms with E-state index in [0.717, 1.165) is 52.0 Å². The number of carboxylic acids is 1. The van der Waals surface area contributed by atoms with Crippen molar-refractivity contribution >= 4 is 23.5 Å². The van der Waals surface area contributed by atoms with E-state index in [-0.39, 0.29) is 37.6 Å². The number of carbonyl (C=O) groups is 2. The van der Waals surface area contributed by atoms with Crippen LogP contribution in [0, 0.1) is 0 Å². The highest BCUT2D eigenvalue weighted by atomic mass is 35.5. The van der Waals surface area contributed by atoms with Crippen LogP contribution in [0.1, 0.15) is 78.7 Å². The van der Waals surface area contributed by atoms with Crippen molar-refractivity contribution in [2.75, 3.05) is 19.6 Å². The van der Waals surface area contributed by atoms with Crippen LogP contribution < -0.4 is 5.32 Å². The molecule has 1 amide bonds. The fourth-order valence-electron chi connectivity index (χ4n) is 6.93. The van der Waals surface area contributed by atoms with Crippen LogP contribution in [-0.2, 0) is 37.8 Å². The highest BCUT2D eigenvalue weighted by molar-refractivity contribution is 6.30. The van der Waals surface area contributed by atoms with E-state index in [1.165, 1.54) is 0 Å². The van der Waals surface area contributed by atoms with Gasteiger partial charge in [-0.2, -0.15) is 0 Å². The van der Waals surface area contributed by atoms with Gasteiger partial charge in [0.15, 0.2) is 6.29 Å². The molecule has 0 aromatic heterocycles. The summed E-state index contributed by atoms with van der Waals surface area (Å²) in [7, 11) is 0. The van der Waals surface area contributed by atoms with Gasteiger partial charge in [-0.3, -0.25) is 9.59 Å².